The van der Waals surface area contributed by atoms with Crippen LogP contribution in [-0.2, 0) is 6.54 Å². The smallest absolute Gasteiger partial charge is 0.294 e. The van der Waals surface area contributed by atoms with Crippen LogP contribution < -0.4 is 11.3 Å². The zero-order chi connectivity index (χ0) is 13.1. The van der Waals surface area contributed by atoms with E-state index in [2.05, 4.69) is 29.2 Å². The Morgan fingerprint density at radius 1 is 1.56 bits per heavy atom. The molecule has 5 nitrogen and oxygen atoms in total. The van der Waals surface area contributed by atoms with E-state index in [0.717, 1.165) is 37.2 Å². The van der Waals surface area contributed by atoms with E-state index >= 15 is 0 Å². The largest absolute Gasteiger partial charge is 0.297 e. The average molecular weight is 268 g/mol. The van der Waals surface area contributed by atoms with Crippen LogP contribution in [0.3, 0.4) is 0 Å². The topological polar surface area (TPSA) is 71.2 Å². The molecule has 2 rings (SSSR count). The summed E-state index contributed by atoms with van der Waals surface area (Å²) in [4.78, 5) is 18.0. The number of nitrogens with two attached hydrogens (primary N) is 1. The van der Waals surface area contributed by atoms with Gasteiger partial charge in [-0.1, -0.05) is 13.8 Å². The molecule has 0 aliphatic carbocycles. The third-order valence-electron chi connectivity index (χ3n) is 3.21. The quantitative estimate of drug-likeness (QED) is 0.491. The SMILES string of the molecule is CC1CC(C)CN(Cc2csc(C(=O)NN)n2)C1. The Bertz CT molecular complexity index is 410. The van der Waals surface area contributed by atoms with Gasteiger partial charge in [-0.3, -0.25) is 15.1 Å². The number of nitrogens with zero attached hydrogens (tertiary/aromatic N) is 2. The van der Waals surface area contributed by atoms with Crippen LogP contribution in [0.15, 0.2) is 5.38 Å². The minimum atomic E-state index is -0.313. The third-order valence-corrected chi connectivity index (χ3v) is 4.10. The Kier molecular flexibility index (Phi) is 4.31. The lowest BCUT2D eigenvalue weighted by molar-refractivity contribution is 0.0952. The average Bonchev–Trinajstić information content (AvgIpc) is 2.75. The van der Waals surface area contributed by atoms with Crippen LogP contribution in [0.4, 0.5) is 0 Å². The minimum absolute atomic E-state index is 0.313. The van der Waals surface area contributed by atoms with Gasteiger partial charge in [0.25, 0.3) is 5.91 Å². The van der Waals surface area contributed by atoms with Crippen LogP contribution in [0.2, 0.25) is 0 Å². The van der Waals surface area contributed by atoms with E-state index in [4.69, 9.17) is 5.84 Å². The van der Waals surface area contributed by atoms with Crippen molar-refractivity contribution in [3.05, 3.63) is 16.1 Å². The fourth-order valence-corrected chi connectivity index (χ4v) is 3.41. The van der Waals surface area contributed by atoms with Gasteiger partial charge in [0, 0.05) is 25.0 Å². The van der Waals surface area contributed by atoms with Gasteiger partial charge in [0.2, 0.25) is 0 Å². The van der Waals surface area contributed by atoms with Crippen LogP contribution >= 0.6 is 11.3 Å². The Morgan fingerprint density at radius 2 is 2.22 bits per heavy atom. The molecule has 1 saturated heterocycles. The lowest BCUT2D eigenvalue weighted by Gasteiger charge is -2.34. The summed E-state index contributed by atoms with van der Waals surface area (Å²) >= 11 is 1.34. The van der Waals surface area contributed by atoms with Crippen LogP contribution in [-0.4, -0.2) is 28.9 Å². The second-order valence-corrected chi connectivity index (χ2v) is 6.12. The van der Waals surface area contributed by atoms with Gasteiger partial charge < -0.3 is 0 Å². The molecule has 0 radical (unpaired) electrons. The molecule has 1 fully saturated rings. The second kappa shape index (κ2) is 5.77. The number of likely N-dealkylation sites (tertiary alicyclic amines) is 1. The molecule has 2 atom stereocenters. The van der Waals surface area contributed by atoms with E-state index < -0.39 is 0 Å². The fraction of sp³-hybridized carbons (Fsp3) is 0.667. The highest BCUT2D eigenvalue weighted by Gasteiger charge is 2.22. The molecule has 1 aromatic heterocycles. The van der Waals surface area contributed by atoms with Crippen molar-refractivity contribution in [1.82, 2.24) is 15.3 Å². The summed E-state index contributed by atoms with van der Waals surface area (Å²) in [7, 11) is 0. The van der Waals surface area contributed by atoms with E-state index in [0.29, 0.717) is 5.01 Å². The summed E-state index contributed by atoms with van der Waals surface area (Å²) < 4.78 is 0. The molecular formula is C12H20N4OS. The number of hydrogen-bond donors (Lipinski definition) is 2. The Hall–Kier alpha value is -0.980. The molecule has 0 saturated carbocycles. The van der Waals surface area contributed by atoms with E-state index in [1.807, 2.05) is 5.38 Å². The van der Waals surface area contributed by atoms with Gasteiger partial charge in [0.15, 0.2) is 5.01 Å². The fourth-order valence-electron chi connectivity index (χ4n) is 2.70. The molecular weight excluding hydrogens is 248 g/mol. The normalized spacial score (nSPS) is 25.1. The lowest BCUT2D eigenvalue weighted by atomic mass is 9.92. The number of thiazole rings is 1. The summed E-state index contributed by atoms with van der Waals surface area (Å²) in [5.74, 6) is 6.25. The van der Waals surface area contributed by atoms with Gasteiger partial charge in [-0.25, -0.2) is 10.8 Å². The van der Waals surface area contributed by atoms with Gasteiger partial charge in [-0.2, -0.15) is 0 Å². The standard InChI is InChI=1S/C12H20N4OS/c1-8-3-9(2)5-16(4-8)6-10-7-18-12(14-10)11(17)15-13/h7-9H,3-6,13H2,1-2H3,(H,15,17). The van der Waals surface area contributed by atoms with Gasteiger partial charge >= 0.3 is 0 Å². The van der Waals surface area contributed by atoms with Gasteiger partial charge in [-0.05, 0) is 18.3 Å². The molecule has 1 amide bonds. The van der Waals surface area contributed by atoms with E-state index in [1.54, 1.807) is 0 Å². The molecule has 0 spiro atoms. The minimum Gasteiger partial charge on any atom is -0.297 e. The second-order valence-electron chi connectivity index (χ2n) is 5.26. The van der Waals surface area contributed by atoms with Gasteiger partial charge in [-0.15, -0.1) is 11.3 Å². The highest BCUT2D eigenvalue weighted by molar-refractivity contribution is 7.11. The molecule has 0 bridgehead atoms. The molecule has 18 heavy (non-hydrogen) atoms. The predicted octanol–water partition coefficient (Wildman–Crippen LogP) is 1.22. The van der Waals surface area contributed by atoms with Crippen LogP contribution in [0.25, 0.3) is 0 Å². The molecule has 1 aliphatic heterocycles. The number of piperidine rings is 1. The maximum absolute atomic E-state index is 11.3. The number of hydrazine groups is 1. The molecule has 6 heteroatoms. The predicted molar refractivity (Wildman–Crippen MR) is 72.0 cm³/mol. The zero-order valence-electron chi connectivity index (χ0n) is 10.8. The molecule has 1 aromatic rings. The van der Waals surface area contributed by atoms with Crippen molar-refractivity contribution < 1.29 is 4.79 Å². The molecule has 0 aromatic carbocycles. The summed E-state index contributed by atoms with van der Waals surface area (Å²) in [6, 6.07) is 0. The molecule has 3 N–H and O–H groups in total. The van der Waals surface area contributed by atoms with Crippen molar-refractivity contribution in [2.24, 2.45) is 17.7 Å². The van der Waals surface area contributed by atoms with Crippen LogP contribution in [0.5, 0.6) is 0 Å². The molecule has 2 heterocycles. The zero-order valence-corrected chi connectivity index (χ0v) is 11.7. The Labute approximate surface area is 111 Å². The number of nitrogen functional groups attached to an aromatic ring is 1. The van der Waals surface area contributed by atoms with Crippen molar-refractivity contribution >= 4 is 17.2 Å². The number of rotatable bonds is 3. The maximum Gasteiger partial charge on any atom is 0.294 e. The summed E-state index contributed by atoms with van der Waals surface area (Å²) in [5, 5.41) is 2.37. The van der Waals surface area contributed by atoms with Gasteiger partial charge in [0.05, 0.1) is 5.69 Å². The molecule has 100 valence electrons. The van der Waals surface area contributed by atoms with Crippen molar-refractivity contribution in [2.75, 3.05) is 13.1 Å². The number of amides is 1. The summed E-state index contributed by atoms with van der Waals surface area (Å²) in [6.45, 7) is 7.62. The van der Waals surface area contributed by atoms with Crippen LogP contribution in [0.1, 0.15) is 35.8 Å². The van der Waals surface area contributed by atoms with Crippen molar-refractivity contribution in [3.8, 4) is 0 Å². The number of aromatic nitrogens is 1. The van der Waals surface area contributed by atoms with E-state index in [1.165, 1.54) is 17.8 Å². The number of carbonyl (C=O) groups is 1. The highest BCUT2D eigenvalue weighted by atomic mass is 32.1. The summed E-state index contributed by atoms with van der Waals surface area (Å²) in [5.41, 5.74) is 3.07. The van der Waals surface area contributed by atoms with Gasteiger partial charge in [0.1, 0.15) is 0 Å². The first-order valence-corrected chi connectivity index (χ1v) is 7.14. The first kappa shape index (κ1) is 13.5. The number of hydrogen-bond acceptors (Lipinski definition) is 5. The lowest BCUT2D eigenvalue weighted by Crippen LogP contribution is -2.38. The van der Waals surface area contributed by atoms with Crippen molar-refractivity contribution in [2.45, 2.75) is 26.8 Å². The number of carbonyl (C=O) groups excluding carboxylic acids is 1. The first-order chi connectivity index (χ1) is 8.58. The monoisotopic (exact) mass is 268 g/mol. The molecule has 1 aliphatic rings. The summed E-state index contributed by atoms with van der Waals surface area (Å²) in [6.07, 6.45) is 1.30. The van der Waals surface area contributed by atoms with Crippen molar-refractivity contribution in [1.29, 1.82) is 0 Å². The van der Waals surface area contributed by atoms with E-state index in [-0.39, 0.29) is 5.91 Å². The van der Waals surface area contributed by atoms with E-state index in [9.17, 15) is 4.79 Å². The Morgan fingerprint density at radius 3 is 2.83 bits per heavy atom. The highest BCUT2D eigenvalue weighted by Crippen LogP contribution is 2.22. The van der Waals surface area contributed by atoms with Crippen LogP contribution in [0, 0.1) is 11.8 Å². The van der Waals surface area contributed by atoms with Crippen molar-refractivity contribution in [3.63, 3.8) is 0 Å². The molecule has 2 unspecified atom stereocenters. The third kappa shape index (κ3) is 3.28. The number of nitrogens with one attached hydrogen (secondary N) is 1. The maximum atomic E-state index is 11.3. The first-order valence-electron chi connectivity index (χ1n) is 6.26. The Balaban J connectivity index is 1.96.